The topological polar surface area (TPSA) is 63.7 Å². The van der Waals surface area contributed by atoms with Gasteiger partial charge in [-0.05, 0) is 42.8 Å². The fraction of sp³-hybridized carbons (Fsp3) is 0.318. The molecule has 2 aromatic carbocycles. The highest BCUT2D eigenvalue weighted by Crippen LogP contribution is 2.29. The Morgan fingerprint density at radius 2 is 1.86 bits per heavy atom. The normalized spacial score (nSPS) is 17.3. The molecule has 7 heteroatoms. The molecule has 1 heterocycles. The Bertz CT molecular complexity index is 913. The van der Waals surface area contributed by atoms with Gasteiger partial charge in [0.1, 0.15) is 0 Å². The number of anilines is 1. The highest BCUT2D eigenvalue weighted by atomic mass is 35.5. The van der Waals surface area contributed by atoms with Crippen molar-refractivity contribution in [1.82, 2.24) is 0 Å². The maximum Gasteiger partial charge on any atom is 0.312 e. The minimum absolute atomic E-state index is 0.0515. The van der Waals surface area contributed by atoms with Crippen LogP contribution in [0.1, 0.15) is 28.8 Å². The van der Waals surface area contributed by atoms with Crippen molar-refractivity contribution in [2.45, 2.75) is 25.9 Å². The quantitative estimate of drug-likeness (QED) is 0.368. The minimum atomic E-state index is -0.996. The molecule has 1 aliphatic rings. The number of Topliss-reactive ketones (excluding diaryl/α,β-unsaturated/α-hetero) is 1. The lowest BCUT2D eigenvalue weighted by atomic mass is 10.0. The van der Waals surface area contributed by atoms with E-state index >= 15 is 0 Å². The number of esters is 1. The van der Waals surface area contributed by atoms with E-state index in [4.69, 9.17) is 27.9 Å². The van der Waals surface area contributed by atoms with E-state index in [9.17, 15) is 14.4 Å². The Hall–Kier alpha value is -2.37. The van der Waals surface area contributed by atoms with E-state index in [1.54, 1.807) is 29.2 Å². The van der Waals surface area contributed by atoms with Crippen molar-refractivity contribution in [1.29, 1.82) is 0 Å². The number of hydrogen-bond acceptors (Lipinski definition) is 4. The number of carbonyl (C=O) groups is 3. The molecule has 3 rings (SSSR count). The van der Waals surface area contributed by atoms with Crippen LogP contribution in [0.3, 0.4) is 0 Å². The fourth-order valence-electron chi connectivity index (χ4n) is 3.34. The number of alkyl halides is 1. The first-order valence-electron chi connectivity index (χ1n) is 9.33. The molecule has 0 unspecified atom stereocenters. The van der Waals surface area contributed by atoms with E-state index in [1.165, 1.54) is 0 Å². The average Bonchev–Trinajstić information content (AvgIpc) is 3.09. The molecule has 0 spiro atoms. The Balaban J connectivity index is 1.70. The van der Waals surface area contributed by atoms with Gasteiger partial charge >= 0.3 is 5.97 Å². The monoisotopic (exact) mass is 433 g/mol. The summed E-state index contributed by atoms with van der Waals surface area (Å²) in [6.07, 6.45) is -0.754. The summed E-state index contributed by atoms with van der Waals surface area (Å²) in [4.78, 5) is 39.5. The number of nitrogens with zero attached hydrogens (tertiary/aromatic N) is 1. The Morgan fingerprint density at radius 3 is 2.52 bits per heavy atom. The van der Waals surface area contributed by atoms with Gasteiger partial charge in [-0.2, -0.15) is 0 Å². The van der Waals surface area contributed by atoms with Gasteiger partial charge in [0.2, 0.25) is 11.7 Å². The van der Waals surface area contributed by atoms with Crippen molar-refractivity contribution in [3.63, 3.8) is 0 Å². The van der Waals surface area contributed by atoms with E-state index in [1.807, 2.05) is 31.2 Å². The van der Waals surface area contributed by atoms with E-state index in [-0.39, 0.29) is 37.0 Å². The zero-order valence-corrected chi connectivity index (χ0v) is 17.4. The van der Waals surface area contributed by atoms with E-state index in [0.717, 1.165) is 11.3 Å². The second kappa shape index (κ2) is 9.42. The highest BCUT2D eigenvalue weighted by Gasteiger charge is 2.38. The molecule has 2 atom stereocenters. The van der Waals surface area contributed by atoms with Crippen LogP contribution in [0.25, 0.3) is 0 Å². The maximum absolute atomic E-state index is 12.7. The molecule has 1 fully saturated rings. The van der Waals surface area contributed by atoms with Gasteiger partial charge < -0.3 is 9.64 Å². The van der Waals surface area contributed by atoms with Gasteiger partial charge in [-0.1, -0.05) is 29.8 Å². The Labute approximate surface area is 179 Å². The van der Waals surface area contributed by atoms with E-state index in [0.29, 0.717) is 10.6 Å². The molecule has 0 bridgehead atoms. The molecule has 1 aliphatic heterocycles. The lowest BCUT2D eigenvalue weighted by molar-refractivity contribution is -0.151. The van der Waals surface area contributed by atoms with Crippen LogP contribution in [0.4, 0.5) is 5.69 Å². The number of aryl methyl sites for hydroxylation is 1. The summed E-state index contributed by atoms with van der Waals surface area (Å²) < 4.78 is 5.50. The number of hydrogen-bond donors (Lipinski definition) is 0. The van der Waals surface area contributed by atoms with E-state index < -0.39 is 18.0 Å². The highest BCUT2D eigenvalue weighted by molar-refractivity contribution is 6.30. The zero-order chi connectivity index (χ0) is 21.0. The van der Waals surface area contributed by atoms with Gasteiger partial charge in [0, 0.05) is 41.5 Å². The molecular formula is C22H21Cl2NO4. The first-order chi connectivity index (χ1) is 13.9. The number of para-hydroxylation sites is 1. The predicted molar refractivity (Wildman–Crippen MR) is 113 cm³/mol. The van der Waals surface area contributed by atoms with Crippen LogP contribution in [0.15, 0.2) is 48.5 Å². The smallest absolute Gasteiger partial charge is 0.312 e. The number of halogens is 2. The van der Waals surface area contributed by atoms with Crippen LogP contribution in [0, 0.1) is 12.8 Å². The number of amides is 1. The fourth-order valence-corrected chi connectivity index (χ4v) is 3.67. The average molecular weight is 434 g/mol. The SMILES string of the molecule is Cc1ccccc1N1C[C@H](C(=O)O[C@H](CCCl)C(=O)c2ccc(Cl)cc2)CC1=O. The first kappa shape index (κ1) is 21.3. The third kappa shape index (κ3) is 4.98. The Kier molecular flexibility index (Phi) is 6.93. The van der Waals surface area contributed by atoms with Crippen LogP contribution in [0.2, 0.25) is 5.02 Å². The van der Waals surface area contributed by atoms with Gasteiger partial charge in [-0.3, -0.25) is 14.4 Å². The molecular weight excluding hydrogens is 413 g/mol. The summed E-state index contributed by atoms with van der Waals surface area (Å²) in [5.41, 5.74) is 2.12. The minimum Gasteiger partial charge on any atom is -0.454 e. The first-order valence-corrected chi connectivity index (χ1v) is 10.2. The molecule has 29 heavy (non-hydrogen) atoms. The molecule has 0 radical (unpaired) electrons. The lowest BCUT2D eigenvalue weighted by Gasteiger charge is -2.20. The van der Waals surface area contributed by atoms with Gasteiger partial charge in [-0.25, -0.2) is 0 Å². The van der Waals surface area contributed by atoms with E-state index in [2.05, 4.69) is 0 Å². The summed E-state index contributed by atoms with van der Waals surface area (Å²) in [7, 11) is 0. The van der Waals surface area contributed by atoms with Crippen LogP contribution in [-0.2, 0) is 14.3 Å². The molecule has 1 saturated heterocycles. The van der Waals surface area contributed by atoms with Crippen LogP contribution < -0.4 is 4.90 Å². The summed E-state index contributed by atoms with van der Waals surface area (Å²) in [6.45, 7) is 2.14. The van der Waals surface area contributed by atoms with Crippen LogP contribution in [0.5, 0.6) is 0 Å². The number of ether oxygens (including phenoxy) is 1. The summed E-state index contributed by atoms with van der Waals surface area (Å²) in [5, 5.41) is 0.508. The standard InChI is InChI=1S/C22H21Cl2NO4/c1-14-4-2-3-5-18(14)25-13-16(12-20(25)26)22(28)29-19(10-11-23)21(27)15-6-8-17(24)9-7-15/h2-9,16,19H,10-13H2,1H3/t16-,19-/m1/s1. The molecule has 0 saturated carbocycles. The maximum atomic E-state index is 12.7. The van der Waals surface area contributed by atoms with Gasteiger partial charge in [0.25, 0.3) is 0 Å². The summed E-state index contributed by atoms with van der Waals surface area (Å²) in [6, 6.07) is 13.9. The second-order valence-corrected chi connectivity index (χ2v) is 7.78. The van der Waals surface area contributed by atoms with Crippen molar-refractivity contribution in [2.75, 3.05) is 17.3 Å². The third-order valence-electron chi connectivity index (χ3n) is 4.92. The van der Waals surface area contributed by atoms with Gasteiger partial charge in [0.05, 0.1) is 5.92 Å². The number of carbonyl (C=O) groups excluding carboxylic acids is 3. The molecule has 2 aromatic rings. The van der Waals surface area contributed by atoms with Gasteiger partial charge in [-0.15, -0.1) is 11.6 Å². The molecule has 152 valence electrons. The summed E-state index contributed by atoms with van der Waals surface area (Å²) in [5.74, 6) is -1.50. The molecule has 1 amide bonds. The number of rotatable bonds is 7. The largest absolute Gasteiger partial charge is 0.454 e. The number of benzene rings is 2. The zero-order valence-electron chi connectivity index (χ0n) is 15.9. The second-order valence-electron chi connectivity index (χ2n) is 6.97. The predicted octanol–water partition coefficient (Wildman–Crippen LogP) is 4.42. The van der Waals surface area contributed by atoms with Crippen molar-refractivity contribution in [3.8, 4) is 0 Å². The molecule has 0 N–H and O–H groups in total. The van der Waals surface area contributed by atoms with Crippen molar-refractivity contribution < 1.29 is 19.1 Å². The molecule has 0 aliphatic carbocycles. The van der Waals surface area contributed by atoms with Crippen molar-refractivity contribution >= 4 is 46.5 Å². The summed E-state index contributed by atoms with van der Waals surface area (Å²) >= 11 is 11.7. The van der Waals surface area contributed by atoms with Crippen LogP contribution >= 0.6 is 23.2 Å². The third-order valence-corrected chi connectivity index (χ3v) is 5.39. The van der Waals surface area contributed by atoms with Crippen molar-refractivity contribution in [2.24, 2.45) is 5.92 Å². The Morgan fingerprint density at radius 1 is 1.17 bits per heavy atom. The molecule has 5 nitrogen and oxygen atoms in total. The van der Waals surface area contributed by atoms with Crippen LogP contribution in [-0.4, -0.2) is 36.2 Å². The molecule has 0 aromatic heterocycles. The lowest BCUT2D eigenvalue weighted by Crippen LogP contribution is -2.32. The number of ketones is 1. The van der Waals surface area contributed by atoms with Crippen molar-refractivity contribution in [3.05, 3.63) is 64.7 Å². The van der Waals surface area contributed by atoms with Gasteiger partial charge in [0.15, 0.2) is 6.10 Å².